The molecule has 5 nitrogen and oxygen atoms in total. The van der Waals surface area contributed by atoms with Gasteiger partial charge in [-0.3, -0.25) is 14.9 Å². The van der Waals surface area contributed by atoms with Gasteiger partial charge >= 0.3 is 6.61 Å². The van der Waals surface area contributed by atoms with E-state index < -0.39 is 40.1 Å². The number of rotatable bonds is 4. The van der Waals surface area contributed by atoms with Crippen LogP contribution in [0.4, 0.5) is 18.9 Å². The molecule has 17 heavy (non-hydrogen) atoms. The maximum absolute atomic E-state index is 13.5. The molecule has 0 fully saturated rings. The molecule has 0 saturated heterocycles. The van der Waals surface area contributed by atoms with Gasteiger partial charge in [0, 0.05) is 6.07 Å². The highest BCUT2D eigenvalue weighted by atomic mass is 19.3. The smallest absolute Gasteiger partial charge is 0.387 e. The molecule has 0 aromatic heterocycles. The van der Waals surface area contributed by atoms with Crippen molar-refractivity contribution in [2.45, 2.75) is 13.5 Å². The standard InChI is InChI=1S/C9H6F3NO4/c1-4(14)7-5(13(15)16)2-3-6(8(7)10)17-9(11)12/h2-3,9H,1H3. The van der Waals surface area contributed by atoms with Crippen LogP contribution in [-0.4, -0.2) is 17.3 Å². The predicted molar refractivity (Wildman–Crippen MR) is 49.7 cm³/mol. The SMILES string of the molecule is CC(=O)c1c([N+](=O)[O-])ccc(OC(F)F)c1F. The summed E-state index contributed by atoms with van der Waals surface area (Å²) < 4.78 is 41.1. The topological polar surface area (TPSA) is 69.4 Å². The molecule has 0 atom stereocenters. The zero-order valence-corrected chi connectivity index (χ0v) is 8.45. The lowest BCUT2D eigenvalue weighted by Crippen LogP contribution is -2.09. The highest BCUT2D eigenvalue weighted by Gasteiger charge is 2.26. The highest BCUT2D eigenvalue weighted by Crippen LogP contribution is 2.30. The molecular weight excluding hydrogens is 243 g/mol. The minimum absolute atomic E-state index is 0.673. The van der Waals surface area contributed by atoms with E-state index in [1.54, 1.807) is 0 Å². The number of benzene rings is 1. The van der Waals surface area contributed by atoms with Crippen molar-refractivity contribution in [3.63, 3.8) is 0 Å². The second kappa shape index (κ2) is 4.81. The summed E-state index contributed by atoms with van der Waals surface area (Å²) in [6, 6.07) is 1.41. The summed E-state index contributed by atoms with van der Waals surface area (Å²) in [7, 11) is 0. The van der Waals surface area contributed by atoms with Gasteiger partial charge in [-0.2, -0.15) is 8.78 Å². The van der Waals surface area contributed by atoms with Crippen LogP contribution in [0.2, 0.25) is 0 Å². The largest absolute Gasteiger partial charge is 0.432 e. The van der Waals surface area contributed by atoms with E-state index >= 15 is 0 Å². The van der Waals surface area contributed by atoms with E-state index in [0.29, 0.717) is 6.07 Å². The van der Waals surface area contributed by atoms with E-state index in [0.717, 1.165) is 13.0 Å². The minimum Gasteiger partial charge on any atom is -0.432 e. The van der Waals surface area contributed by atoms with E-state index in [1.165, 1.54) is 0 Å². The molecule has 0 heterocycles. The van der Waals surface area contributed by atoms with Gasteiger partial charge in [0.1, 0.15) is 5.56 Å². The monoisotopic (exact) mass is 249 g/mol. The molecule has 0 saturated carbocycles. The van der Waals surface area contributed by atoms with Gasteiger partial charge in [-0.05, 0) is 13.0 Å². The molecule has 92 valence electrons. The fraction of sp³-hybridized carbons (Fsp3) is 0.222. The number of nitro groups is 1. The number of hydrogen-bond donors (Lipinski definition) is 0. The molecule has 8 heteroatoms. The Morgan fingerprint density at radius 1 is 1.47 bits per heavy atom. The number of nitrogens with zero attached hydrogens (tertiary/aromatic N) is 1. The second-order valence-corrected chi connectivity index (χ2v) is 2.96. The number of hydrogen-bond acceptors (Lipinski definition) is 4. The summed E-state index contributed by atoms with van der Waals surface area (Å²) in [6.07, 6.45) is 0. The van der Waals surface area contributed by atoms with E-state index in [4.69, 9.17) is 0 Å². The van der Waals surface area contributed by atoms with Crippen LogP contribution in [0.15, 0.2) is 12.1 Å². The van der Waals surface area contributed by atoms with E-state index in [2.05, 4.69) is 4.74 Å². The molecule has 0 spiro atoms. The summed E-state index contributed by atoms with van der Waals surface area (Å²) in [4.78, 5) is 20.6. The first kappa shape index (κ1) is 12.9. The molecule has 1 rings (SSSR count). The van der Waals surface area contributed by atoms with Crippen molar-refractivity contribution in [1.82, 2.24) is 0 Å². The van der Waals surface area contributed by atoms with Gasteiger partial charge in [0.15, 0.2) is 17.3 Å². The summed E-state index contributed by atoms with van der Waals surface area (Å²) in [5.41, 5.74) is -1.68. The zero-order chi connectivity index (χ0) is 13.2. The number of alkyl halides is 2. The van der Waals surface area contributed by atoms with Crippen molar-refractivity contribution in [3.05, 3.63) is 33.6 Å². The highest BCUT2D eigenvalue weighted by molar-refractivity contribution is 5.98. The Morgan fingerprint density at radius 2 is 2.06 bits per heavy atom. The zero-order valence-electron chi connectivity index (χ0n) is 8.45. The molecule has 1 aromatic rings. The first-order valence-corrected chi connectivity index (χ1v) is 4.27. The average molecular weight is 249 g/mol. The van der Waals surface area contributed by atoms with Crippen molar-refractivity contribution in [3.8, 4) is 5.75 Å². The van der Waals surface area contributed by atoms with E-state index in [1.807, 2.05) is 0 Å². The Balaban J connectivity index is 3.38. The lowest BCUT2D eigenvalue weighted by molar-refractivity contribution is -0.385. The van der Waals surface area contributed by atoms with Crippen LogP contribution in [0, 0.1) is 15.9 Å². The number of ether oxygens (including phenoxy) is 1. The lowest BCUT2D eigenvalue weighted by Gasteiger charge is -2.08. The van der Waals surface area contributed by atoms with Gasteiger partial charge in [-0.25, -0.2) is 4.39 Å². The Labute approximate surface area is 93.0 Å². The van der Waals surface area contributed by atoms with Gasteiger partial charge in [-0.15, -0.1) is 0 Å². The number of nitro benzene ring substituents is 1. The van der Waals surface area contributed by atoms with Crippen molar-refractivity contribution >= 4 is 11.5 Å². The Kier molecular flexibility index (Phi) is 3.66. The minimum atomic E-state index is -3.29. The summed E-state index contributed by atoms with van der Waals surface area (Å²) in [5.74, 6) is -3.32. The van der Waals surface area contributed by atoms with Crippen LogP contribution in [0.5, 0.6) is 5.75 Å². The third kappa shape index (κ3) is 2.71. The normalized spacial score (nSPS) is 10.4. The van der Waals surface area contributed by atoms with Crippen LogP contribution >= 0.6 is 0 Å². The fourth-order valence-electron chi connectivity index (χ4n) is 1.22. The van der Waals surface area contributed by atoms with Crippen molar-refractivity contribution in [2.75, 3.05) is 0 Å². The molecule has 1 aromatic carbocycles. The van der Waals surface area contributed by atoms with Gasteiger partial charge < -0.3 is 4.74 Å². The average Bonchev–Trinajstić information content (AvgIpc) is 2.19. The van der Waals surface area contributed by atoms with Gasteiger partial charge in [0.25, 0.3) is 5.69 Å². The quantitative estimate of drug-likeness (QED) is 0.467. The van der Waals surface area contributed by atoms with Crippen molar-refractivity contribution in [1.29, 1.82) is 0 Å². The molecule has 0 aliphatic heterocycles. The first-order chi connectivity index (χ1) is 7.84. The first-order valence-electron chi connectivity index (χ1n) is 4.27. The maximum atomic E-state index is 13.5. The van der Waals surface area contributed by atoms with E-state index in [-0.39, 0.29) is 0 Å². The van der Waals surface area contributed by atoms with Crippen LogP contribution in [0.25, 0.3) is 0 Å². The number of carbonyl (C=O) groups excluding carboxylic acids is 1. The van der Waals surface area contributed by atoms with Gasteiger partial charge in [0.2, 0.25) is 0 Å². The number of Topliss-reactive ketones (excluding diaryl/α,β-unsaturated/α-hetero) is 1. The number of ketones is 1. The second-order valence-electron chi connectivity index (χ2n) is 2.96. The Hall–Kier alpha value is -2.12. The molecule has 0 amide bonds. The van der Waals surface area contributed by atoms with Crippen LogP contribution in [0.3, 0.4) is 0 Å². The maximum Gasteiger partial charge on any atom is 0.387 e. The molecule has 0 aliphatic carbocycles. The summed E-state index contributed by atoms with van der Waals surface area (Å²) in [5, 5.41) is 10.5. The third-order valence-corrected chi connectivity index (χ3v) is 1.85. The molecule has 0 radical (unpaired) electrons. The predicted octanol–water partition coefficient (Wildman–Crippen LogP) is 2.54. The fourth-order valence-corrected chi connectivity index (χ4v) is 1.22. The van der Waals surface area contributed by atoms with Crippen LogP contribution in [0.1, 0.15) is 17.3 Å². The van der Waals surface area contributed by atoms with Crippen LogP contribution in [-0.2, 0) is 0 Å². The lowest BCUT2D eigenvalue weighted by atomic mass is 10.1. The molecule has 0 N–H and O–H groups in total. The number of halogens is 3. The molecule has 0 bridgehead atoms. The molecule has 0 aliphatic rings. The summed E-state index contributed by atoms with van der Waals surface area (Å²) >= 11 is 0. The number of carbonyl (C=O) groups is 1. The van der Waals surface area contributed by atoms with Crippen LogP contribution < -0.4 is 4.74 Å². The van der Waals surface area contributed by atoms with E-state index in [9.17, 15) is 28.1 Å². The molecule has 0 unspecified atom stereocenters. The molecular formula is C9H6F3NO4. The Morgan fingerprint density at radius 3 is 2.47 bits per heavy atom. The third-order valence-electron chi connectivity index (χ3n) is 1.85. The Bertz CT molecular complexity index is 476. The van der Waals surface area contributed by atoms with Gasteiger partial charge in [0.05, 0.1) is 4.92 Å². The summed E-state index contributed by atoms with van der Waals surface area (Å²) in [6.45, 7) is -2.40. The van der Waals surface area contributed by atoms with Gasteiger partial charge in [-0.1, -0.05) is 0 Å². The van der Waals surface area contributed by atoms with Crippen molar-refractivity contribution < 1.29 is 27.6 Å². The van der Waals surface area contributed by atoms with Crippen molar-refractivity contribution in [2.24, 2.45) is 0 Å².